The van der Waals surface area contributed by atoms with Crippen molar-refractivity contribution in [3.05, 3.63) is 35.9 Å². The highest BCUT2D eigenvalue weighted by Crippen LogP contribution is 2.23. The minimum atomic E-state index is -0.323. The van der Waals surface area contributed by atoms with E-state index in [1.54, 1.807) is 9.80 Å². The lowest BCUT2D eigenvalue weighted by Crippen LogP contribution is -2.48. The van der Waals surface area contributed by atoms with Crippen LogP contribution in [-0.2, 0) is 9.59 Å². The van der Waals surface area contributed by atoms with E-state index in [0.717, 1.165) is 12.0 Å². The topological polar surface area (TPSA) is 40.6 Å². The molecule has 1 aliphatic heterocycles. The standard InChI is InChI=1S/C17H24N2O2/c1-4-15(19-12-8-11-16(19)20)17(21)18(3)13(2)14-9-6-5-7-10-14/h5-7,9-10,13,15H,4,8,11-12H2,1-3H3/t13-,15-/m1/s1. The Balaban J connectivity index is 2.11. The molecule has 4 heteroatoms. The van der Waals surface area contributed by atoms with E-state index in [0.29, 0.717) is 19.4 Å². The molecular formula is C17H24N2O2. The fourth-order valence-corrected chi connectivity index (χ4v) is 2.91. The summed E-state index contributed by atoms with van der Waals surface area (Å²) in [6, 6.07) is 9.65. The Kier molecular flexibility index (Phi) is 4.99. The van der Waals surface area contributed by atoms with Gasteiger partial charge in [-0.15, -0.1) is 0 Å². The van der Waals surface area contributed by atoms with Crippen LogP contribution in [0.5, 0.6) is 0 Å². The van der Waals surface area contributed by atoms with Crippen LogP contribution in [0.2, 0.25) is 0 Å². The molecule has 0 bridgehead atoms. The summed E-state index contributed by atoms with van der Waals surface area (Å²) in [5.74, 6) is 0.139. The van der Waals surface area contributed by atoms with Crippen LogP contribution >= 0.6 is 0 Å². The maximum Gasteiger partial charge on any atom is 0.245 e. The second kappa shape index (κ2) is 6.74. The van der Waals surface area contributed by atoms with Gasteiger partial charge in [-0.25, -0.2) is 0 Å². The van der Waals surface area contributed by atoms with E-state index in [4.69, 9.17) is 0 Å². The summed E-state index contributed by atoms with van der Waals surface area (Å²) in [4.78, 5) is 28.2. The van der Waals surface area contributed by atoms with Gasteiger partial charge in [0.15, 0.2) is 0 Å². The molecule has 0 N–H and O–H groups in total. The SMILES string of the molecule is CC[C@H](C(=O)N(C)[C@H](C)c1ccccc1)N1CCCC1=O. The van der Waals surface area contributed by atoms with Crippen LogP contribution in [0, 0.1) is 0 Å². The molecule has 0 aromatic heterocycles. The van der Waals surface area contributed by atoms with Crippen LogP contribution in [0.4, 0.5) is 0 Å². The first-order valence-corrected chi connectivity index (χ1v) is 7.67. The van der Waals surface area contributed by atoms with E-state index in [-0.39, 0.29) is 23.9 Å². The van der Waals surface area contributed by atoms with Crippen molar-refractivity contribution in [2.75, 3.05) is 13.6 Å². The quantitative estimate of drug-likeness (QED) is 0.835. The van der Waals surface area contributed by atoms with Gasteiger partial charge >= 0.3 is 0 Å². The molecule has 1 aromatic carbocycles. The molecular weight excluding hydrogens is 264 g/mol. The summed E-state index contributed by atoms with van der Waals surface area (Å²) < 4.78 is 0. The van der Waals surface area contributed by atoms with Crippen molar-refractivity contribution < 1.29 is 9.59 Å². The van der Waals surface area contributed by atoms with E-state index >= 15 is 0 Å². The molecule has 2 amide bonds. The second-order valence-corrected chi connectivity index (χ2v) is 5.65. The molecule has 114 valence electrons. The highest BCUT2D eigenvalue weighted by atomic mass is 16.2. The minimum Gasteiger partial charge on any atom is -0.337 e. The Hall–Kier alpha value is -1.84. The molecule has 1 saturated heterocycles. The number of benzene rings is 1. The van der Waals surface area contributed by atoms with Gasteiger partial charge in [-0.3, -0.25) is 9.59 Å². The van der Waals surface area contributed by atoms with Crippen LogP contribution in [0.3, 0.4) is 0 Å². The molecule has 1 heterocycles. The van der Waals surface area contributed by atoms with Crippen LogP contribution in [0.15, 0.2) is 30.3 Å². The van der Waals surface area contributed by atoms with Crippen molar-refractivity contribution in [1.82, 2.24) is 9.80 Å². The molecule has 0 aliphatic carbocycles. The molecule has 4 nitrogen and oxygen atoms in total. The lowest BCUT2D eigenvalue weighted by atomic mass is 10.1. The number of rotatable bonds is 5. The predicted octanol–water partition coefficient (Wildman–Crippen LogP) is 2.61. The minimum absolute atomic E-state index is 0.00505. The van der Waals surface area contributed by atoms with E-state index in [9.17, 15) is 9.59 Å². The number of likely N-dealkylation sites (N-methyl/N-ethyl adjacent to an activating group) is 1. The van der Waals surface area contributed by atoms with Crippen molar-refractivity contribution in [3.63, 3.8) is 0 Å². The number of hydrogen-bond acceptors (Lipinski definition) is 2. The second-order valence-electron chi connectivity index (χ2n) is 5.65. The molecule has 21 heavy (non-hydrogen) atoms. The molecule has 2 atom stereocenters. The molecule has 2 rings (SSSR count). The monoisotopic (exact) mass is 288 g/mol. The zero-order valence-electron chi connectivity index (χ0n) is 13.1. The zero-order valence-corrected chi connectivity index (χ0v) is 13.1. The average Bonchev–Trinajstić information content (AvgIpc) is 2.93. The van der Waals surface area contributed by atoms with Gasteiger partial charge in [-0.1, -0.05) is 37.3 Å². The van der Waals surface area contributed by atoms with Crippen molar-refractivity contribution in [2.45, 2.75) is 45.2 Å². The predicted molar refractivity (Wildman–Crippen MR) is 82.7 cm³/mol. The molecule has 1 aliphatic rings. The Morgan fingerprint density at radius 2 is 2.00 bits per heavy atom. The first-order valence-electron chi connectivity index (χ1n) is 7.67. The molecule has 1 fully saturated rings. The summed E-state index contributed by atoms with van der Waals surface area (Å²) in [5, 5.41) is 0. The number of carbonyl (C=O) groups is 2. The van der Waals surface area contributed by atoms with Crippen molar-refractivity contribution in [1.29, 1.82) is 0 Å². The first kappa shape index (κ1) is 15.5. The van der Waals surface area contributed by atoms with Gasteiger partial charge in [0.1, 0.15) is 6.04 Å². The zero-order chi connectivity index (χ0) is 15.4. The van der Waals surface area contributed by atoms with E-state index < -0.39 is 0 Å². The molecule has 0 spiro atoms. The fraction of sp³-hybridized carbons (Fsp3) is 0.529. The highest BCUT2D eigenvalue weighted by molar-refractivity contribution is 5.88. The van der Waals surface area contributed by atoms with Gasteiger partial charge in [-0.2, -0.15) is 0 Å². The number of amides is 2. The summed E-state index contributed by atoms with van der Waals surface area (Å²) in [6.07, 6.45) is 2.10. The number of hydrogen-bond donors (Lipinski definition) is 0. The average molecular weight is 288 g/mol. The number of carbonyl (C=O) groups excluding carboxylic acids is 2. The van der Waals surface area contributed by atoms with Gasteiger partial charge in [-0.05, 0) is 25.3 Å². The van der Waals surface area contributed by atoms with Crippen molar-refractivity contribution >= 4 is 11.8 Å². The molecule has 0 unspecified atom stereocenters. The van der Waals surface area contributed by atoms with Gasteiger partial charge < -0.3 is 9.80 Å². The first-order chi connectivity index (χ1) is 10.1. The van der Waals surface area contributed by atoms with Gasteiger partial charge in [0.2, 0.25) is 11.8 Å². The van der Waals surface area contributed by atoms with Crippen LogP contribution in [0.1, 0.15) is 44.7 Å². The van der Waals surface area contributed by atoms with Crippen molar-refractivity contribution in [2.24, 2.45) is 0 Å². The van der Waals surface area contributed by atoms with E-state index in [1.165, 1.54) is 0 Å². The summed E-state index contributed by atoms with van der Waals surface area (Å²) in [7, 11) is 1.82. The van der Waals surface area contributed by atoms with E-state index in [1.807, 2.05) is 51.2 Å². The molecule has 0 radical (unpaired) electrons. The highest BCUT2D eigenvalue weighted by Gasteiger charge is 2.34. The lowest BCUT2D eigenvalue weighted by Gasteiger charge is -2.33. The maximum atomic E-state index is 12.8. The van der Waals surface area contributed by atoms with Gasteiger partial charge in [0, 0.05) is 20.0 Å². The van der Waals surface area contributed by atoms with Gasteiger partial charge in [0.25, 0.3) is 0 Å². The third kappa shape index (κ3) is 3.26. The molecule has 0 saturated carbocycles. The normalized spacial score (nSPS) is 17.7. The van der Waals surface area contributed by atoms with Crippen LogP contribution in [0.25, 0.3) is 0 Å². The van der Waals surface area contributed by atoms with Crippen molar-refractivity contribution in [3.8, 4) is 0 Å². The van der Waals surface area contributed by atoms with E-state index in [2.05, 4.69) is 0 Å². The Bertz CT molecular complexity index is 501. The van der Waals surface area contributed by atoms with Crippen LogP contribution < -0.4 is 0 Å². The lowest BCUT2D eigenvalue weighted by molar-refractivity contribution is -0.144. The summed E-state index contributed by atoms with van der Waals surface area (Å²) in [6.45, 7) is 4.69. The Morgan fingerprint density at radius 3 is 2.52 bits per heavy atom. The third-order valence-electron chi connectivity index (χ3n) is 4.37. The summed E-state index contributed by atoms with van der Waals surface area (Å²) >= 11 is 0. The largest absolute Gasteiger partial charge is 0.337 e. The Morgan fingerprint density at radius 1 is 1.33 bits per heavy atom. The summed E-state index contributed by atoms with van der Waals surface area (Å²) in [5.41, 5.74) is 1.11. The molecule has 1 aromatic rings. The smallest absolute Gasteiger partial charge is 0.245 e. The number of likely N-dealkylation sites (tertiary alicyclic amines) is 1. The maximum absolute atomic E-state index is 12.8. The Labute approximate surface area is 126 Å². The number of nitrogens with zero attached hydrogens (tertiary/aromatic N) is 2. The van der Waals surface area contributed by atoms with Gasteiger partial charge in [0.05, 0.1) is 6.04 Å². The van der Waals surface area contributed by atoms with Crippen LogP contribution in [-0.4, -0.2) is 41.2 Å². The third-order valence-corrected chi connectivity index (χ3v) is 4.37. The fourth-order valence-electron chi connectivity index (χ4n) is 2.91.